The Labute approximate surface area is 150 Å². The molecule has 0 radical (unpaired) electrons. The highest BCUT2D eigenvalue weighted by Gasteiger charge is 2.11. The van der Waals surface area contributed by atoms with Gasteiger partial charge in [0.15, 0.2) is 5.82 Å². The molecule has 6 heteroatoms. The van der Waals surface area contributed by atoms with Crippen LogP contribution in [0.4, 0.5) is 0 Å². The highest BCUT2D eigenvalue weighted by atomic mass is 79.9. The summed E-state index contributed by atoms with van der Waals surface area (Å²) in [5.41, 5.74) is 2.88. The quantitative estimate of drug-likeness (QED) is 0.520. The minimum Gasteiger partial charge on any atom is -0.266 e. The highest BCUT2D eigenvalue weighted by Crippen LogP contribution is 2.18. The largest absolute Gasteiger partial charge is 0.291 e. The van der Waals surface area contributed by atoms with Crippen LogP contribution in [0.3, 0.4) is 0 Å². The maximum Gasteiger partial charge on any atom is 0.291 e. The monoisotopic (exact) mass is 397 g/mol. The second kappa shape index (κ2) is 5.96. The number of thiazole rings is 1. The van der Waals surface area contributed by atoms with Crippen LogP contribution in [0.1, 0.15) is 11.1 Å². The van der Waals surface area contributed by atoms with Gasteiger partial charge in [-0.1, -0.05) is 63.2 Å². The van der Waals surface area contributed by atoms with Gasteiger partial charge in [0.1, 0.15) is 0 Å². The second-order valence-corrected chi connectivity index (χ2v) is 7.39. The van der Waals surface area contributed by atoms with Gasteiger partial charge in [0.25, 0.3) is 5.56 Å². The molecule has 0 aliphatic carbocycles. The van der Waals surface area contributed by atoms with Crippen LogP contribution >= 0.6 is 27.3 Å². The van der Waals surface area contributed by atoms with Gasteiger partial charge in [-0.05, 0) is 36.8 Å². The summed E-state index contributed by atoms with van der Waals surface area (Å²) in [4.78, 5) is 17.7. The SMILES string of the molecule is Cc1cccc(-c2nc3s/c(=C\c4cccc(Br)c4)c(=O)n3n2)c1. The van der Waals surface area contributed by atoms with Crippen LogP contribution in [-0.2, 0) is 0 Å². The zero-order valence-electron chi connectivity index (χ0n) is 12.7. The summed E-state index contributed by atoms with van der Waals surface area (Å²) in [6, 6.07) is 15.8. The molecule has 4 nitrogen and oxygen atoms in total. The predicted molar refractivity (Wildman–Crippen MR) is 100 cm³/mol. The molecule has 0 aliphatic heterocycles. The van der Waals surface area contributed by atoms with Gasteiger partial charge in [0.05, 0.1) is 4.53 Å². The standard InChI is InChI=1S/C18H12BrN3OS/c1-11-4-2-6-13(8-11)16-20-18-22(21-16)17(23)15(24-18)10-12-5-3-7-14(19)9-12/h2-10H,1H3/b15-10-. The van der Waals surface area contributed by atoms with Gasteiger partial charge in [0, 0.05) is 10.0 Å². The van der Waals surface area contributed by atoms with E-state index in [0.29, 0.717) is 15.3 Å². The zero-order valence-corrected chi connectivity index (χ0v) is 15.1. The van der Waals surface area contributed by atoms with Crippen molar-refractivity contribution in [2.75, 3.05) is 0 Å². The third kappa shape index (κ3) is 2.79. The summed E-state index contributed by atoms with van der Waals surface area (Å²) in [5, 5.41) is 4.38. The van der Waals surface area contributed by atoms with Crippen LogP contribution < -0.4 is 10.1 Å². The number of fused-ring (bicyclic) bond motifs is 1. The first-order chi connectivity index (χ1) is 11.6. The second-order valence-electron chi connectivity index (χ2n) is 5.47. The lowest BCUT2D eigenvalue weighted by molar-refractivity contribution is 0.936. The minimum atomic E-state index is -0.138. The van der Waals surface area contributed by atoms with Crippen molar-refractivity contribution < 1.29 is 0 Å². The third-order valence-electron chi connectivity index (χ3n) is 3.60. The molecule has 0 saturated heterocycles. The van der Waals surface area contributed by atoms with E-state index in [4.69, 9.17) is 0 Å². The Morgan fingerprint density at radius 2 is 2.00 bits per heavy atom. The smallest absolute Gasteiger partial charge is 0.266 e. The van der Waals surface area contributed by atoms with E-state index < -0.39 is 0 Å². The molecule has 2 aromatic carbocycles. The molecule has 0 bridgehead atoms. The fourth-order valence-electron chi connectivity index (χ4n) is 2.49. The molecule has 0 atom stereocenters. The number of rotatable bonds is 2. The molecule has 2 heterocycles. The number of nitrogens with zero attached hydrogens (tertiary/aromatic N) is 3. The molecule has 0 aliphatic rings. The van der Waals surface area contributed by atoms with E-state index in [2.05, 4.69) is 26.0 Å². The first kappa shape index (κ1) is 15.2. The van der Waals surface area contributed by atoms with Gasteiger partial charge in [-0.3, -0.25) is 4.79 Å². The molecule has 0 saturated carbocycles. The van der Waals surface area contributed by atoms with Gasteiger partial charge in [-0.15, -0.1) is 5.10 Å². The van der Waals surface area contributed by atoms with Gasteiger partial charge >= 0.3 is 0 Å². The maximum atomic E-state index is 12.6. The molecule has 0 amide bonds. The van der Waals surface area contributed by atoms with Gasteiger partial charge < -0.3 is 0 Å². The molecule has 118 valence electrons. The summed E-state index contributed by atoms with van der Waals surface area (Å²) < 4.78 is 2.98. The molecule has 2 aromatic heterocycles. The van der Waals surface area contributed by atoms with Crippen molar-refractivity contribution in [3.63, 3.8) is 0 Å². The molecule has 0 spiro atoms. The summed E-state index contributed by atoms with van der Waals surface area (Å²) in [5.74, 6) is 0.580. The topological polar surface area (TPSA) is 47.3 Å². The summed E-state index contributed by atoms with van der Waals surface area (Å²) in [6.07, 6.45) is 1.86. The minimum absolute atomic E-state index is 0.138. The molecule has 24 heavy (non-hydrogen) atoms. The summed E-state index contributed by atoms with van der Waals surface area (Å²) in [6.45, 7) is 2.02. The van der Waals surface area contributed by atoms with Crippen LogP contribution in [0.25, 0.3) is 22.4 Å². The Morgan fingerprint density at radius 3 is 2.75 bits per heavy atom. The van der Waals surface area contributed by atoms with Crippen LogP contribution in [0.5, 0.6) is 0 Å². The van der Waals surface area contributed by atoms with Crippen molar-refractivity contribution in [3.05, 3.63) is 79.0 Å². The average molecular weight is 398 g/mol. The van der Waals surface area contributed by atoms with Crippen molar-refractivity contribution >= 4 is 38.3 Å². The number of hydrogen-bond donors (Lipinski definition) is 0. The predicted octanol–water partition coefficient (Wildman–Crippen LogP) is 3.44. The van der Waals surface area contributed by atoms with E-state index in [1.807, 2.05) is 61.5 Å². The van der Waals surface area contributed by atoms with Gasteiger partial charge in [-0.25, -0.2) is 0 Å². The van der Waals surface area contributed by atoms with E-state index in [-0.39, 0.29) is 5.56 Å². The Morgan fingerprint density at radius 1 is 1.17 bits per heavy atom. The van der Waals surface area contributed by atoms with Crippen molar-refractivity contribution in [2.24, 2.45) is 0 Å². The van der Waals surface area contributed by atoms with Crippen LogP contribution in [-0.4, -0.2) is 14.6 Å². The Balaban J connectivity index is 1.83. The summed E-state index contributed by atoms with van der Waals surface area (Å²) in [7, 11) is 0. The number of benzene rings is 2. The Hall–Kier alpha value is -2.31. The van der Waals surface area contributed by atoms with Crippen molar-refractivity contribution in [2.45, 2.75) is 6.92 Å². The highest BCUT2D eigenvalue weighted by molar-refractivity contribution is 9.10. The fraction of sp³-hybridized carbons (Fsp3) is 0.0556. The lowest BCUT2D eigenvalue weighted by atomic mass is 10.1. The number of aromatic nitrogens is 3. The van der Waals surface area contributed by atoms with E-state index in [9.17, 15) is 4.79 Å². The van der Waals surface area contributed by atoms with E-state index in [1.165, 1.54) is 15.9 Å². The van der Waals surface area contributed by atoms with Gasteiger partial charge in [0.2, 0.25) is 4.96 Å². The normalized spacial score (nSPS) is 12.2. The number of hydrogen-bond acceptors (Lipinski definition) is 4. The van der Waals surface area contributed by atoms with Crippen molar-refractivity contribution in [3.8, 4) is 11.4 Å². The first-order valence-corrected chi connectivity index (χ1v) is 8.95. The zero-order chi connectivity index (χ0) is 16.7. The summed E-state index contributed by atoms with van der Waals surface area (Å²) >= 11 is 4.79. The first-order valence-electron chi connectivity index (χ1n) is 7.34. The Bertz CT molecular complexity index is 1160. The lowest BCUT2D eigenvalue weighted by Crippen LogP contribution is -2.23. The molecule has 0 N–H and O–H groups in total. The molecule has 0 unspecified atom stereocenters. The van der Waals surface area contributed by atoms with Crippen LogP contribution in [0.15, 0.2) is 57.8 Å². The number of aryl methyl sites for hydroxylation is 1. The van der Waals surface area contributed by atoms with Crippen LogP contribution in [0, 0.1) is 6.92 Å². The lowest BCUT2D eigenvalue weighted by Gasteiger charge is -1.95. The van der Waals surface area contributed by atoms with Gasteiger partial charge in [-0.2, -0.15) is 9.50 Å². The average Bonchev–Trinajstić information content (AvgIpc) is 3.08. The number of halogens is 1. The maximum absolute atomic E-state index is 12.6. The Kier molecular flexibility index (Phi) is 3.78. The van der Waals surface area contributed by atoms with Crippen molar-refractivity contribution in [1.29, 1.82) is 0 Å². The molecular formula is C18H12BrN3OS. The van der Waals surface area contributed by atoms with Crippen molar-refractivity contribution in [1.82, 2.24) is 14.6 Å². The van der Waals surface area contributed by atoms with E-state index in [1.54, 1.807) is 0 Å². The third-order valence-corrected chi connectivity index (χ3v) is 5.06. The molecule has 0 fully saturated rings. The van der Waals surface area contributed by atoms with E-state index in [0.717, 1.165) is 21.2 Å². The van der Waals surface area contributed by atoms with E-state index >= 15 is 0 Å². The molecule has 4 rings (SSSR count). The molecular weight excluding hydrogens is 386 g/mol. The fourth-order valence-corrected chi connectivity index (χ4v) is 3.81. The van der Waals surface area contributed by atoms with Crippen LogP contribution in [0.2, 0.25) is 0 Å². The molecule has 4 aromatic rings.